The Labute approximate surface area is 206 Å². The number of ether oxygens (including phenoxy) is 2. The average Bonchev–Trinajstić information content (AvgIpc) is 3.32. The molecule has 0 saturated carbocycles. The first-order valence-electron chi connectivity index (χ1n) is 11.2. The fourth-order valence-electron chi connectivity index (χ4n) is 5.11. The second-order valence-electron chi connectivity index (χ2n) is 8.96. The lowest BCUT2D eigenvalue weighted by molar-refractivity contribution is -0.149. The summed E-state index contributed by atoms with van der Waals surface area (Å²) >= 11 is 0. The summed E-state index contributed by atoms with van der Waals surface area (Å²) in [7, 11) is 0. The summed E-state index contributed by atoms with van der Waals surface area (Å²) in [5.41, 5.74) is -2.07. The normalized spacial score (nSPS) is 20.4. The van der Waals surface area contributed by atoms with Crippen molar-refractivity contribution in [1.82, 2.24) is 0 Å². The van der Waals surface area contributed by atoms with E-state index < -0.39 is 52.9 Å². The number of amides is 4. The van der Waals surface area contributed by atoms with Gasteiger partial charge in [-0.25, -0.2) is 29.0 Å². The molecule has 6 rings (SSSR count). The molecule has 0 aliphatic carbocycles. The number of esters is 4. The molecule has 4 amide bonds. The number of hydrogen-bond donors (Lipinski definition) is 0. The molecule has 0 unspecified atom stereocenters. The van der Waals surface area contributed by atoms with Gasteiger partial charge in [-0.05, 0) is 49.2 Å². The SMILES string of the molecule is O=C1OC(=O)c2cc(N3C(=O)CCC4(CCC(=O)N(c5ccc6c(c5)C(=O)OC6=O)C4=O)C3=O)ccc21. The number of fused-ring (bicyclic) bond motifs is 2. The van der Waals surface area contributed by atoms with E-state index in [1.165, 1.54) is 36.4 Å². The Balaban J connectivity index is 1.39. The maximum atomic E-state index is 13.8. The maximum Gasteiger partial charge on any atom is 0.346 e. The highest BCUT2D eigenvalue weighted by atomic mass is 16.6. The van der Waals surface area contributed by atoms with Gasteiger partial charge < -0.3 is 9.47 Å². The van der Waals surface area contributed by atoms with Crippen molar-refractivity contribution in [3.63, 3.8) is 0 Å². The van der Waals surface area contributed by atoms with Crippen LogP contribution in [0, 0.1) is 5.41 Å². The molecule has 0 bridgehead atoms. The van der Waals surface area contributed by atoms with E-state index in [2.05, 4.69) is 9.47 Å². The highest BCUT2D eigenvalue weighted by molar-refractivity contribution is 6.32. The number of anilines is 2. The topological polar surface area (TPSA) is 162 Å². The van der Waals surface area contributed by atoms with E-state index in [0.717, 1.165) is 9.80 Å². The third kappa shape index (κ3) is 3.01. The average molecular weight is 502 g/mol. The molecule has 1 spiro atoms. The molecule has 2 aromatic rings. The lowest BCUT2D eigenvalue weighted by atomic mass is 9.71. The summed E-state index contributed by atoms with van der Waals surface area (Å²) in [5, 5.41) is 0. The molecule has 0 radical (unpaired) electrons. The highest BCUT2D eigenvalue weighted by Gasteiger charge is 2.58. The van der Waals surface area contributed by atoms with Crippen LogP contribution in [0.5, 0.6) is 0 Å². The standard InChI is InChI=1S/C25H14N2O10/c28-17-5-7-25(23(34)26(17)11-1-3-13-15(9-11)21(32)36-19(13)30)8-6-18(29)27(24(25)35)12-2-4-14-16(10-12)22(33)37-20(14)31/h1-4,9-10H,5-8H2. The highest BCUT2D eigenvalue weighted by Crippen LogP contribution is 2.44. The van der Waals surface area contributed by atoms with Gasteiger partial charge in [0, 0.05) is 12.8 Å². The number of carbonyl (C=O) groups excluding carboxylic acids is 8. The largest absolute Gasteiger partial charge is 0.386 e. The van der Waals surface area contributed by atoms with Crippen LogP contribution < -0.4 is 9.80 Å². The van der Waals surface area contributed by atoms with Crippen LogP contribution >= 0.6 is 0 Å². The summed E-state index contributed by atoms with van der Waals surface area (Å²) in [6.45, 7) is 0. The first-order chi connectivity index (χ1) is 17.6. The van der Waals surface area contributed by atoms with E-state index in [1.807, 2.05) is 0 Å². The van der Waals surface area contributed by atoms with Gasteiger partial charge in [-0.2, -0.15) is 0 Å². The molecular formula is C25H14N2O10. The molecule has 37 heavy (non-hydrogen) atoms. The first kappa shape index (κ1) is 22.5. The minimum atomic E-state index is -1.77. The van der Waals surface area contributed by atoms with Crippen LogP contribution in [0.4, 0.5) is 11.4 Å². The summed E-state index contributed by atoms with van der Waals surface area (Å²) in [6.07, 6.45) is -0.711. The van der Waals surface area contributed by atoms with Gasteiger partial charge in [-0.3, -0.25) is 19.2 Å². The number of carbonyl (C=O) groups is 8. The van der Waals surface area contributed by atoms with Crippen LogP contribution in [-0.2, 0) is 28.7 Å². The predicted octanol–water partition coefficient (Wildman–Crippen LogP) is 1.30. The Morgan fingerprint density at radius 3 is 1.32 bits per heavy atom. The van der Waals surface area contributed by atoms with Crippen molar-refractivity contribution < 1.29 is 47.8 Å². The van der Waals surface area contributed by atoms with Crippen LogP contribution in [-0.4, -0.2) is 47.5 Å². The van der Waals surface area contributed by atoms with Crippen LogP contribution in [0.2, 0.25) is 0 Å². The molecule has 2 saturated heterocycles. The van der Waals surface area contributed by atoms with Gasteiger partial charge in [0.05, 0.1) is 33.6 Å². The summed E-state index contributed by atoms with van der Waals surface area (Å²) in [6, 6.07) is 7.46. The Hall–Kier alpha value is -5.00. The number of piperidine rings is 2. The molecule has 4 heterocycles. The van der Waals surface area contributed by atoms with Crippen LogP contribution in [0.1, 0.15) is 67.1 Å². The maximum absolute atomic E-state index is 13.8. The van der Waals surface area contributed by atoms with Crippen molar-refractivity contribution in [2.45, 2.75) is 25.7 Å². The molecule has 0 aromatic heterocycles. The van der Waals surface area contributed by atoms with Crippen molar-refractivity contribution in [3.05, 3.63) is 58.7 Å². The number of rotatable bonds is 2. The smallest absolute Gasteiger partial charge is 0.346 e. The van der Waals surface area contributed by atoms with Crippen LogP contribution in [0.3, 0.4) is 0 Å². The summed E-state index contributed by atoms with van der Waals surface area (Å²) in [5.74, 6) is -6.54. The second-order valence-corrected chi connectivity index (χ2v) is 8.96. The van der Waals surface area contributed by atoms with Crippen molar-refractivity contribution in [3.8, 4) is 0 Å². The molecule has 4 aliphatic heterocycles. The van der Waals surface area contributed by atoms with E-state index in [4.69, 9.17) is 0 Å². The lowest BCUT2D eigenvalue weighted by Crippen LogP contribution is -2.62. The molecule has 12 heteroatoms. The quantitative estimate of drug-likeness (QED) is 0.332. The minimum absolute atomic E-state index is 0.0143. The van der Waals surface area contributed by atoms with E-state index >= 15 is 0 Å². The Bertz CT molecular complexity index is 1440. The van der Waals surface area contributed by atoms with Crippen LogP contribution in [0.15, 0.2) is 36.4 Å². The monoisotopic (exact) mass is 502 g/mol. The van der Waals surface area contributed by atoms with Gasteiger partial charge in [-0.1, -0.05) is 0 Å². The zero-order valence-corrected chi connectivity index (χ0v) is 18.8. The number of nitrogens with zero attached hydrogens (tertiary/aromatic N) is 2. The number of benzene rings is 2. The van der Waals surface area contributed by atoms with E-state index in [-0.39, 0.29) is 59.3 Å². The molecular weight excluding hydrogens is 488 g/mol. The van der Waals surface area contributed by atoms with Gasteiger partial charge in [0.2, 0.25) is 23.6 Å². The zero-order valence-electron chi connectivity index (χ0n) is 18.8. The minimum Gasteiger partial charge on any atom is -0.386 e. The zero-order chi connectivity index (χ0) is 26.2. The van der Waals surface area contributed by atoms with Gasteiger partial charge in [0.15, 0.2) is 0 Å². The third-order valence-electron chi connectivity index (χ3n) is 7.03. The summed E-state index contributed by atoms with van der Waals surface area (Å²) < 4.78 is 9.11. The fourth-order valence-corrected chi connectivity index (χ4v) is 5.11. The molecule has 0 atom stereocenters. The fraction of sp³-hybridized carbons (Fsp3) is 0.200. The van der Waals surface area contributed by atoms with E-state index in [9.17, 15) is 38.4 Å². The van der Waals surface area contributed by atoms with Gasteiger partial charge in [-0.15, -0.1) is 0 Å². The van der Waals surface area contributed by atoms with Gasteiger partial charge in [0.1, 0.15) is 5.41 Å². The van der Waals surface area contributed by atoms with E-state index in [0.29, 0.717) is 0 Å². The van der Waals surface area contributed by atoms with Crippen molar-refractivity contribution in [1.29, 1.82) is 0 Å². The number of imide groups is 2. The van der Waals surface area contributed by atoms with Crippen molar-refractivity contribution in [2.75, 3.05) is 9.80 Å². The molecule has 2 fully saturated rings. The van der Waals surface area contributed by atoms with Crippen molar-refractivity contribution in [2.24, 2.45) is 5.41 Å². The Kier molecular flexibility index (Phi) is 4.55. The van der Waals surface area contributed by atoms with Gasteiger partial charge in [0.25, 0.3) is 0 Å². The number of cyclic esters (lactones) is 4. The molecule has 12 nitrogen and oxygen atoms in total. The van der Waals surface area contributed by atoms with E-state index in [1.54, 1.807) is 0 Å². The molecule has 4 aliphatic rings. The molecule has 0 N–H and O–H groups in total. The summed E-state index contributed by atoms with van der Waals surface area (Å²) in [4.78, 5) is 102. The Morgan fingerprint density at radius 1 is 0.541 bits per heavy atom. The van der Waals surface area contributed by atoms with Crippen molar-refractivity contribution >= 4 is 58.9 Å². The third-order valence-corrected chi connectivity index (χ3v) is 7.03. The number of hydrogen-bond acceptors (Lipinski definition) is 10. The Morgan fingerprint density at radius 2 is 0.919 bits per heavy atom. The second kappa shape index (κ2) is 7.50. The molecule has 2 aromatic carbocycles. The first-order valence-corrected chi connectivity index (χ1v) is 11.2. The molecule has 184 valence electrons. The van der Waals surface area contributed by atoms with Gasteiger partial charge >= 0.3 is 23.9 Å². The lowest BCUT2D eigenvalue weighted by Gasteiger charge is -2.44. The van der Waals surface area contributed by atoms with Crippen LogP contribution in [0.25, 0.3) is 0 Å². The predicted molar refractivity (Wildman–Crippen MR) is 118 cm³/mol.